The van der Waals surface area contributed by atoms with E-state index in [4.69, 9.17) is 5.11 Å². The van der Waals surface area contributed by atoms with Gasteiger partial charge in [-0.1, -0.05) is 6.92 Å². The molecule has 0 fully saturated rings. The van der Waals surface area contributed by atoms with Crippen molar-refractivity contribution in [2.45, 2.75) is 40.7 Å². The molecule has 6 heteroatoms. The van der Waals surface area contributed by atoms with Crippen LogP contribution in [0.4, 0.5) is 0 Å². The smallest absolute Gasteiger partial charge is 0.191 e. The second-order valence-corrected chi connectivity index (χ2v) is 5.44. The summed E-state index contributed by atoms with van der Waals surface area (Å²) in [4.78, 5) is 4.46. The molecule has 0 radical (unpaired) electrons. The molecule has 6 nitrogen and oxygen atoms in total. The second-order valence-electron chi connectivity index (χ2n) is 5.44. The van der Waals surface area contributed by atoms with Crippen molar-refractivity contribution in [1.82, 2.24) is 20.4 Å². The number of aliphatic hydroxyl groups excluding tert-OH is 1. The minimum absolute atomic E-state index is 0.167. The van der Waals surface area contributed by atoms with Crippen LogP contribution in [0.2, 0.25) is 0 Å². The molecule has 0 bridgehead atoms. The van der Waals surface area contributed by atoms with Gasteiger partial charge in [0.2, 0.25) is 0 Å². The average Bonchev–Trinajstić information content (AvgIpc) is 2.78. The molecule has 0 saturated carbocycles. The van der Waals surface area contributed by atoms with Gasteiger partial charge in [0.1, 0.15) is 0 Å². The van der Waals surface area contributed by atoms with Crippen LogP contribution >= 0.6 is 0 Å². The summed E-state index contributed by atoms with van der Waals surface area (Å²) in [6.07, 6.45) is 0.988. The van der Waals surface area contributed by atoms with Gasteiger partial charge in [-0.3, -0.25) is 9.67 Å². The maximum Gasteiger partial charge on any atom is 0.191 e. The first-order chi connectivity index (χ1) is 10.1. The predicted molar refractivity (Wildman–Crippen MR) is 86.5 cm³/mol. The summed E-state index contributed by atoms with van der Waals surface area (Å²) in [5.41, 5.74) is 2.26. The molecule has 1 aromatic heterocycles. The zero-order chi connectivity index (χ0) is 15.7. The van der Waals surface area contributed by atoms with Gasteiger partial charge >= 0.3 is 0 Å². The van der Waals surface area contributed by atoms with Crippen molar-refractivity contribution >= 4 is 5.96 Å². The summed E-state index contributed by atoms with van der Waals surface area (Å²) in [7, 11) is 0. The minimum atomic E-state index is 0.167. The van der Waals surface area contributed by atoms with E-state index in [1.807, 2.05) is 25.5 Å². The molecule has 1 heterocycles. The first-order valence-electron chi connectivity index (χ1n) is 7.70. The molecule has 3 N–H and O–H groups in total. The summed E-state index contributed by atoms with van der Waals surface area (Å²) in [5.74, 6) is 1.00. The first kappa shape index (κ1) is 17.5. The van der Waals surface area contributed by atoms with E-state index in [0.29, 0.717) is 6.54 Å². The van der Waals surface area contributed by atoms with Crippen molar-refractivity contribution in [2.24, 2.45) is 10.9 Å². The number of hydrogen-bond donors (Lipinski definition) is 3. The molecule has 0 amide bonds. The Bertz CT molecular complexity index is 441. The van der Waals surface area contributed by atoms with Crippen molar-refractivity contribution in [3.63, 3.8) is 0 Å². The topological polar surface area (TPSA) is 74.5 Å². The van der Waals surface area contributed by atoms with Crippen LogP contribution in [0.5, 0.6) is 0 Å². The number of aliphatic imine (C=N–C) groups is 1. The normalized spacial score (nSPS) is 13.3. The number of rotatable bonds is 8. The number of guanidine groups is 1. The summed E-state index contributed by atoms with van der Waals surface area (Å²) in [6, 6.07) is 2.09. The molecular weight excluding hydrogens is 266 g/mol. The van der Waals surface area contributed by atoms with E-state index in [0.717, 1.165) is 37.7 Å². The lowest BCUT2D eigenvalue weighted by molar-refractivity contribution is 0.241. The molecule has 1 aromatic rings. The standard InChI is InChI=1S/C15H29N5O/c1-5-16-15(18-10-12(2)11-21)17-7-6-8-20-14(4)9-13(3)19-20/h9,12,21H,5-8,10-11H2,1-4H3,(H2,16,17,18). The Kier molecular flexibility index (Phi) is 7.82. The van der Waals surface area contributed by atoms with Crippen LogP contribution in [-0.2, 0) is 6.54 Å². The fourth-order valence-electron chi connectivity index (χ4n) is 1.98. The van der Waals surface area contributed by atoms with E-state index in [-0.39, 0.29) is 12.5 Å². The molecule has 0 aliphatic carbocycles. The van der Waals surface area contributed by atoms with Crippen molar-refractivity contribution in [3.05, 3.63) is 17.5 Å². The van der Waals surface area contributed by atoms with Gasteiger partial charge in [-0.25, -0.2) is 0 Å². The number of nitrogens with zero attached hydrogens (tertiary/aromatic N) is 3. The average molecular weight is 295 g/mol. The Hall–Kier alpha value is -1.56. The number of aromatic nitrogens is 2. The van der Waals surface area contributed by atoms with Crippen LogP contribution in [-0.4, -0.2) is 47.1 Å². The largest absolute Gasteiger partial charge is 0.396 e. The maximum absolute atomic E-state index is 9.03. The molecular formula is C15H29N5O. The predicted octanol–water partition coefficient (Wildman–Crippen LogP) is 1.07. The fourth-order valence-corrected chi connectivity index (χ4v) is 1.98. The van der Waals surface area contributed by atoms with Crippen LogP contribution in [0.1, 0.15) is 31.7 Å². The highest BCUT2D eigenvalue weighted by Crippen LogP contribution is 2.02. The lowest BCUT2D eigenvalue weighted by Gasteiger charge is -2.12. The van der Waals surface area contributed by atoms with Crippen molar-refractivity contribution < 1.29 is 5.11 Å². The number of nitrogens with one attached hydrogen (secondary N) is 2. The molecule has 120 valence electrons. The van der Waals surface area contributed by atoms with Crippen LogP contribution in [0.15, 0.2) is 11.1 Å². The van der Waals surface area contributed by atoms with Gasteiger partial charge in [-0.15, -0.1) is 0 Å². The zero-order valence-corrected chi connectivity index (χ0v) is 13.7. The van der Waals surface area contributed by atoms with Gasteiger partial charge in [0.25, 0.3) is 0 Å². The van der Waals surface area contributed by atoms with E-state index < -0.39 is 0 Å². The Balaban J connectivity index is 2.34. The number of aryl methyl sites for hydroxylation is 3. The number of hydrogen-bond acceptors (Lipinski definition) is 3. The van der Waals surface area contributed by atoms with Crippen LogP contribution in [0, 0.1) is 19.8 Å². The van der Waals surface area contributed by atoms with E-state index in [9.17, 15) is 0 Å². The molecule has 0 spiro atoms. The maximum atomic E-state index is 9.03. The zero-order valence-electron chi connectivity index (χ0n) is 13.7. The van der Waals surface area contributed by atoms with E-state index in [1.54, 1.807) is 0 Å². The quantitative estimate of drug-likeness (QED) is 0.381. The lowest BCUT2D eigenvalue weighted by atomic mass is 10.2. The van der Waals surface area contributed by atoms with Gasteiger partial charge in [0, 0.05) is 38.5 Å². The fraction of sp³-hybridized carbons (Fsp3) is 0.733. The Morgan fingerprint density at radius 2 is 2.19 bits per heavy atom. The van der Waals surface area contributed by atoms with Gasteiger partial charge < -0.3 is 15.7 Å². The van der Waals surface area contributed by atoms with E-state index >= 15 is 0 Å². The van der Waals surface area contributed by atoms with Crippen LogP contribution in [0.3, 0.4) is 0 Å². The SMILES string of the molecule is CCNC(=NCC(C)CO)NCCCn1nc(C)cc1C. The van der Waals surface area contributed by atoms with Crippen molar-refractivity contribution in [3.8, 4) is 0 Å². The Morgan fingerprint density at radius 1 is 1.43 bits per heavy atom. The molecule has 21 heavy (non-hydrogen) atoms. The molecule has 0 aliphatic rings. The Labute approximate surface area is 127 Å². The molecule has 0 aliphatic heterocycles. The van der Waals surface area contributed by atoms with Crippen molar-refractivity contribution in [2.75, 3.05) is 26.2 Å². The summed E-state index contributed by atoms with van der Waals surface area (Å²) >= 11 is 0. The van der Waals surface area contributed by atoms with E-state index in [2.05, 4.69) is 33.7 Å². The third kappa shape index (κ3) is 6.62. The number of aliphatic hydroxyl groups is 1. The van der Waals surface area contributed by atoms with Gasteiger partial charge in [-0.05, 0) is 39.2 Å². The molecule has 1 unspecified atom stereocenters. The highest BCUT2D eigenvalue weighted by Gasteiger charge is 2.02. The molecule has 0 aromatic carbocycles. The molecule has 1 atom stereocenters. The summed E-state index contributed by atoms with van der Waals surface area (Å²) in [6.45, 7) is 11.5. The van der Waals surface area contributed by atoms with Gasteiger partial charge in [0.05, 0.1) is 5.69 Å². The monoisotopic (exact) mass is 295 g/mol. The highest BCUT2D eigenvalue weighted by molar-refractivity contribution is 5.79. The van der Waals surface area contributed by atoms with E-state index in [1.165, 1.54) is 5.69 Å². The summed E-state index contributed by atoms with van der Waals surface area (Å²) in [5, 5.41) is 20.0. The second kappa shape index (κ2) is 9.39. The van der Waals surface area contributed by atoms with Crippen LogP contribution in [0.25, 0.3) is 0 Å². The molecule has 1 rings (SSSR count). The first-order valence-corrected chi connectivity index (χ1v) is 7.70. The minimum Gasteiger partial charge on any atom is -0.396 e. The highest BCUT2D eigenvalue weighted by atomic mass is 16.3. The van der Waals surface area contributed by atoms with Gasteiger partial charge in [-0.2, -0.15) is 5.10 Å². The van der Waals surface area contributed by atoms with Crippen LogP contribution < -0.4 is 10.6 Å². The van der Waals surface area contributed by atoms with Gasteiger partial charge in [0.15, 0.2) is 5.96 Å². The Morgan fingerprint density at radius 3 is 2.76 bits per heavy atom. The third-order valence-corrected chi connectivity index (χ3v) is 3.16. The molecule has 0 saturated heterocycles. The van der Waals surface area contributed by atoms with Crippen molar-refractivity contribution in [1.29, 1.82) is 0 Å². The summed E-state index contributed by atoms with van der Waals surface area (Å²) < 4.78 is 2.04. The third-order valence-electron chi connectivity index (χ3n) is 3.16. The lowest BCUT2D eigenvalue weighted by Crippen LogP contribution is -2.38.